The SMILES string of the molecule is CCOc1ccc(C(=O)NCCCN2CCc3ccccc3C2)cc1OCC. The molecule has 0 bridgehead atoms. The fourth-order valence-electron chi connectivity index (χ4n) is 3.54. The van der Waals surface area contributed by atoms with Crippen LogP contribution in [-0.4, -0.2) is 43.7 Å². The third-order valence-corrected chi connectivity index (χ3v) is 4.95. The first kappa shape index (κ1) is 20.2. The summed E-state index contributed by atoms with van der Waals surface area (Å²) in [6, 6.07) is 14.0. The fourth-order valence-corrected chi connectivity index (χ4v) is 3.54. The maximum Gasteiger partial charge on any atom is 0.251 e. The van der Waals surface area contributed by atoms with Crippen LogP contribution in [0.1, 0.15) is 41.8 Å². The van der Waals surface area contributed by atoms with E-state index in [-0.39, 0.29) is 5.91 Å². The van der Waals surface area contributed by atoms with Crippen LogP contribution in [0.2, 0.25) is 0 Å². The maximum absolute atomic E-state index is 12.5. The number of rotatable bonds is 9. The molecule has 28 heavy (non-hydrogen) atoms. The average Bonchev–Trinajstić information content (AvgIpc) is 2.72. The smallest absolute Gasteiger partial charge is 0.251 e. The Hall–Kier alpha value is -2.53. The van der Waals surface area contributed by atoms with Crippen molar-refractivity contribution in [2.45, 2.75) is 33.2 Å². The van der Waals surface area contributed by atoms with Crippen molar-refractivity contribution in [3.05, 3.63) is 59.2 Å². The molecule has 0 saturated heterocycles. The number of ether oxygens (including phenoxy) is 2. The highest BCUT2D eigenvalue weighted by Gasteiger charge is 2.15. The molecule has 1 aliphatic heterocycles. The largest absolute Gasteiger partial charge is 0.490 e. The van der Waals surface area contributed by atoms with Crippen LogP contribution < -0.4 is 14.8 Å². The molecule has 0 unspecified atom stereocenters. The number of carbonyl (C=O) groups is 1. The third-order valence-electron chi connectivity index (χ3n) is 4.95. The second-order valence-corrected chi connectivity index (χ2v) is 6.93. The molecule has 0 saturated carbocycles. The Morgan fingerprint density at radius 3 is 2.57 bits per heavy atom. The number of hydrogen-bond acceptors (Lipinski definition) is 4. The summed E-state index contributed by atoms with van der Waals surface area (Å²) in [5, 5.41) is 3.02. The van der Waals surface area contributed by atoms with Gasteiger partial charge in [0, 0.05) is 31.7 Å². The predicted octanol–water partition coefficient (Wildman–Crippen LogP) is 3.66. The zero-order valence-corrected chi connectivity index (χ0v) is 16.9. The Labute approximate surface area is 167 Å². The lowest BCUT2D eigenvalue weighted by molar-refractivity contribution is 0.0950. The number of fused-ring (bicyclic) bond motifs is 1. The second kappa shape index (κ2) is 10.1. The van der Waals surface area contributed by atoms with Crippen molar-refractivity contribution in [3.8, 4) is 11.5 Å². The van der Waals surface area contributed by atoms with Gasteiger partial charge in [0.05, 0.1) is 13.2 Å². The molecule has 2 aromatic carbocycles. The summed E-state index contributed by atoms with van der Waals surface area (Å²) in [4.78, 5) is 14.9. The van der Waals surface area contributed by atoms with E-state index in [1.165, 1.54) is 11.1 Å². The summed E-state index contributed by atoms with van der Waals surface area (Å²) in [6.45, 7) is 8.67. The molecule has 0 spiro atoms. The van der Waals surface area contributed by atoms with Gasteiger partial charge in [-0.05, 0) is 56.0 Å². The van der Waals surface area contributed by atoms with Crippen LogP contribution in [0.25, 0.3) is 0 Å². The summed E-state index contributed by atoms with van der Waals surface area (Å²) in [5.74, 6) is 1.21. The lowest BCUT2D eigenvalue weighted by Crippen LogP contribution is -2.33. The van der Waals surface area contributed by atoms with Crippen LogP contribution in [0.4, 0.5) is 0 Å². The van der Waals surface area contributed by atoms with Gasteiger partial charge in [0.15, 0.2) is 11.5 Å². The van der Waals surface area contributed by atoms with Crippen LogP contribution in [0, 0.1) is 0 Å². The van der Waals surface area contributed by atoms with Gasteiger partial charge in [0.2, 0.25) is 0 Å². The zero-order valence-electron chi connectivity index (χ0n) is 16.9. The van der Waals surface area contributed by atoms with Crippen LogP contribution in [-0.2, 0) is 13.0 Å². The topological polar surface area (TPSA) is 50.8 Å². The molecular weight excluding hydrogens is 352 g/mol. The van der Waals surface area contributed by atoms with Gasteiger partial charge in [-0.25, -0.2) is 0 Å². The molecule has 2 aromatic rings. The Morgan fingerprint density at radius 2 is 1.79 bits per heavy atom. The highest BCUT2D eigenvalue weighted by molar-refractivity contribution is 5.94. The van der Waals surface area contributed by atoms with Crippen molar-refractivity contribution < 1.29 is 14.3 Å². The summed E-state index contributed by atoms with van der Waals surface area (Å²) in [6.07, 6.45) is 2.04. The molecule has 5 heteroatoms. The molecule has 3 rings (SSSR count). The van der Waals surface area contributed by atoms with Gasteiger partial charge >= 0.3 is 0 Å². The van der Waals surface area contributed by atoms with E-state index in [0.29, 0.717) is 36.8 Å². The van der Waals surface area contributed by atoms with Crippen molar-refractivity contribution >= 4 is 5.91 Å². The fraction of sp³-hybridized carbons (Fsp3) is 0.435. The molecule has 0 aliphatic carbocycles. The standard InChI is InChI=1S/C23H30N2O3/c1-3-27-21-11-10-19(16-22(21)28-4-2)23(26)24-13-7-14-25-15-12-18-8-5-6-9-20(18)17-25/h5-6,8-11,16H,3-4,7,12-15,17H2,1-2H3,(H,24,26). The summed E-state index contributed by atoms with van der Waals surface area (Å²) in [7, 11) is 0. The highest BCUT2D eigenvalue weighted by atomic mass is 16.5. The van der Waals surface area contributed by atoms with E-state index in [4.69, 9.17) is 9.47 Å². The molecule has 0 atom stereocenters. The molecule has 1 aliphatic rings. The molecule has 150 valence electrons. The predicted molar refractivity (Wildman–Crippen MR) is 111 cm³/mol. The van der Waals surface area contributed by atoms with Crippen molar-refractivity contribution in [2.24, 2.45) is 0 Å². The lowest BCUT2D eigenvalue weighted by atomic mass is 10.00. The first-order valence-corrected chi connectivity index (χ1v) is 10.2. The van der Waals surface area contributed by atoms with Gasteiger partial charge in [0.25, 0.3) is 5.91 Å². The summed E-state index contributed by atoms with van der Waals surface area (Å²) >= 11 is 0. The van der Waals surface area contributed by atoms with Crippen molar-refractivity contribution in [2.75, 3.05) is 32.8 Å². The first-order chi connectivity index (χ1) is 13.7. The van der Waals surface area contributed by atoms with Crippen molar-refractivity contribution in [3.63, 3.8) is 0 Å². The van der Waals surface area contributed by atoms with E-state index in [1.807, 2.05) is 13.8 Å². The molecule has 1 N–H and O–H groups in total. The van der Waals surface area contributed by atoms with Crippen molar-refractivity contribution in [1.82, 2.24) is 10.2 Å². The maximum atomic E-state index is 12.5. The van der Waals surface area contributed by atoms with Crippen LogP contribution in [0.5, 0.6) is 11.5 Å². The quantitative estimate of drug-likeness (QED) is 0.673. The highest BCUT2D eigenvalue weighted by Crippen LogP contribution is 2.28. The van der Waals surface area contributed by atoms with Gasteiger partial charge in [-0.2, -0.15) is 0 Å². The Balaban J connectivity index is 1.46. The monoisotopic (exact) mass is 382 g/mol. The van der Waals surface area contributed by atoms with Gasteiger partial charge in [-0.15, -0.1) is 0 Å². The number of benzene rings is 2. The number of hydrogen-bond donors (Lipinski definition) is 1. The van der Waals surface area contributed by atoms with Crippen LogP contribution >= 0.6 is 0 Å². The first-order valence-electron chi connectivity index (χ1n) is 10.2. The third kappa shape index (κ3) is 5.26. The van der Waals surface area contributed by atoms with E-state index >= 15 is 0 Å². The Bertz CT molecular complexity index is 791. The number of nitrogens with one attached hydrogen (secondary N) is 1. The summed E-state index contributed by atoms with van der Waals surface area (Å²) in [5.41, 5.74) is 3.49. The zero-order chi connectivity index (χ0) is 19.8. The average molecular weight is 383 g/mol. The Morgan fingerprint density at radius 1 is 1.04 bits per heavy atom. The van der Waals surface area contributed by atoms with E-state index < -0.39 is 0 Å². The van der Waals surface area contributed by atoms with Crippen LogP contribution in [0.3, 0.4) is 0 Å². The van der Waals surface area contributed by atoms with E-state index in [9.17, 15) is 4.79 Å². The van der Waals surface area contributed by atoms with Gasteiger partial charge in [-0.3, -0.25) is 9.69 Å². The number of amides is 1. The van der Waals surface area contributed by atoms with Gasteiger partial charge in [-0.1, -0.05) is 24.3 Å². The van der Waals surface area contributed by atoms with Crippen molar-refractivity contribution in [1.29, 1.82) is 0 Å². The molecule has 0 fully saturated rings. The normalized spacial score (nSPS) is 13.6. The van der Waals surface area contributed by atoms with E-state index in [2.05, 4.69) is 34.5 Å². The molecule has 1 heterocycles. The summed E-state index contributed by atoms with van der Waals surface area (Å²) < 4.78 is 11.2. The van der Waals surface area contributed by atoms with Gasteiger partial charge in [0.1, 0.15) is 0 Å². The molecule has 0 radical (unpaired) electrons. The molecule has 1 amide bonds. The number of carbonyl (C=O) groups excluding carboxylic acids is 1. The van der Waals surface area contributed by atoms with E-state index in [0.717, 1.165) is 32.5 Å². The van der Waals surface area contributed by atoms with Crippen LogP contribution in [0.15, 0.2) is 42.5 Å². The number of nitrogens with zero attached hydrogens (tertiary/aromatic N) is 1. The molecule has 5 nitrogen and oxygen atoms in total. The van der Waals surface area contributed by atoms with Gasteiger partial charge < -0.3 is 14.8 Å². The minimum absolute atomic E-state index is 0.0759. The van der Waals surface area contributed by atoms with E-state index in [1.54, 1.807) is 18.2 Å². The lowest BCUT2D eigenvalue weighted by Gasteiger charge is -2.28. The minimum Gasteiger partial charge on any atom is -0.490 e. The molecular formula is C23H30N2O3. The second-order valence-electron chi connectivity index (χ2n) is 6.93. The molecule has 0 aromatic heterocycles. The Kier molecular flexibility index (Phi) is 7.31. The minimum atomic E-state index is -0.0759.